The van der Waals surface area contributed by atoms with Gasteiger partial charge in [0.05, 0.1) is 0 Å². The van der Waals surface area contributed by atoms with Crippen LogP contribution in [0.5, 0.6) is 0 Å². The summed E-state index contributed by atoms with van der Waals surface area (Å²) < 4.78 is 0. The average molecular weight is 235 g/mol. The van der Waals surface area contributed by atoms with E-state index in [0.29, 0.717) is 9.52 Å². The molecule has 0 unspecified atom stereocenters. The predicted molar refractivity (Wildman–Crippen MR) is 45.7 cm³/mol. The van der Waals surface area contributed by atoms with Crippen LogP contribution in [-0.2, 0) is 0 Å². The molecule has 0 saturated heterocycles. The van der Waals surface area contributed by atoms with Gasteiger partial charge in [-0.05, 0) is 12.1 Å². The van der Waals surface area contributed by atoms with Crippen molar-refractivity contribution in [3.05, 3.63) is 25.3 Å². The second-order valence-corrected chi connectivity index (χ2v) is 2.86. The van der Waals surface area contributed by atoms with Gasteiger partial charge in [-0.2, -0.15) is 0 Å². The fourth-order valence-corrected chi connectivity index (χ4v) is 0.996. The summed E-state index contributed by atoms with van der Waals surface area (Å²) in [5.41, 5.74) is 0. The third-order valence-electron chi connectivity index (χ3n) is 0.667. The van der Waals surface area contributed by atoms with Gasteiger partial charge in [0.2, 0.25) is 0 Å². The molecular formula is C6H13SbSi. The van der Waals surface area contributed by atoms with Crippen LogP contribution in [0.2, 0.25) is 12.1 Å². The van der Waals surface area contributed by atoms with E-state index in [-0.39, 0.29) is 24.4 Å². The normalized spacial score (nSPS) is 7.00. The third-order valence-corrected chi connectivity index (χ3v) is 2.00. The summed E-state index contributed by atoms with van der Waals surface area (Å²) in [6, 6.07) is 2.40. The van der Waals surface area contributed by atoms with Gasteiger partial charge in [-0.25, -0.2) is 0 Å². The van der Waals surface area contributed by atoms with E-state index in [1.165, 1.54) is 12.1 Å². The summed E-state index contributed by atoms with van der Waals surface area (Å²) in [7, 11) is 0.586. The molecule has 46 valence electrons. The van der Waals surface area contributed by atoms with E-state index in [1.807, 2.05) is 12.2 Å². The van der Waals surface area contributed by atoms with E-state index >= 15 is 0 Å². The first-order valence-corrected chi connectivity index (χ1v) is 4.08. The van der Waals surface area contributed by atoms with Crippen LogP contribution in [-0.4, -0.2) is 33.9 Å². The summed E-state index contributed by atoms with van der Waals surface area (Å²) in [4.78, 5) is 0. The van der Waals surface area contributed by atoms with Crippen molar-refractivity contribution in [1.82, 2.24) is 0 Å². The Morgan fingerprint density at radius 2 is 1.50 bits per heavy atom. The van der Waals surface area contributed by atoms with Gasteiger partial charge in [-0.15, -0.1) is 13.2 Å². The molecule has 2 radical (unpaired) electrons. The number of hydrogen-bond donors (Lipinski definition) is 0. The Morgan fingerprint density at radius 3 is 1.75 bits per heavy atom. The van der Waals surface area contributed by atoms with Crippen LogP contribution in [0.1, 0.15) is 0 Å². The molecule has 0 aliphatic carbocycles. The molecule has 0 atom stereocenters. The second-order valence-electron chi connectivity index (χ2n) is 1.34. The molecule has 0 rings (SSSR count). The number of hydrogen-bond acceptors (Lipinski definition) is 0. The predicted octanol–water partition coefficient (Wildman–Crippen LogP) is 0.715. The van der Waals surface area contributed by atoms with E-state index in [1.54, 1.807) is 0 Å². The molecule has 0 saturated carbocycles. The van der Waals surface area contributed by atoms with E-state index in [9.17, 15) is 0 Å². The molecule has 0 nitrogen and oxygen atoms in total. The van der Waals surface area contributed by atoms with Crippen LogP contribution in [0.4, 0.5) is 0 Å². The Kier molecular flexibility index (Phi) is 14.9. The van der Waals surface area contributed by atoms with Crippen molar-refractivity contribution in [2.45, 2.75) is 12.1 Å². The maximum absolute atomic E-state index is 3.62. The molecule has 2 heteroatoms. The molecule has 0 spiro atoms. The fourth-order valence-electron chi connectivity index (χ4n) is 0.332. The van der Waals surface area contributed by atoms with Crippen molar-refractivity contribution >= 4 is 33.9 Å². The average Bonchev–Trinajstić information content (AvgIpc) is 1.69. The van der Waals surface area contributed by atoms with Crippen LogP contribution >= 0.6 is 0 Å². The van der Waals surface area contributed by atoms with Crippen LogP contribution in [0.15, 0.2) is 25.3 Å². The standard InChI is InChI=1S/C6H11Si.Sb.2H/c1-3-5-7-6-4-2;;;/h3-4,7H,1-2,5-6H2;;;. The molecule has 0 fully saturated rings. The van der Waals surface area contributed by atoms with Crippen molar-refractivity contribution in [1.29, 1.82) is 0 Å². The zero-order valence-electron chi connectivity index (χ0n) is 5.14. The van der Waals surface area contributed by atoms with Crippen molar-refractivity contribution in [3.63, 3.8) is 0 Å². The van der Waals surface area contributed by atoms with Crippen molar-refractivity contribution < 1.29 is 0 Å². The summed E-state index contributed by atoms with van der Waals surface area (Å²) in [5, 5.41) is 0. The van der Waals surface area contributed by atoms with E-state index < -0.39 is 0 Å². The van der Waals surface area contributed by atoms with Gasteiger partial charge in [-0.3, -0.25) is 0 Å². The molecule has 0 aromatic heterocycles. The zero-order valence-corrected chi connectivity index (χ0v) is 9.59. The van der Waals surface area contributed by atoms with Gasteiger partial charge in [0.15, 0.2) is 0 Å². The Labute approximate surface area is 71.3 Å². The van der Waals surface area contributed by atoms with E-state index in [4.69, 9.17) is 0 Å². The molecular weight excluding hydrogens is 222 g/mol. The quantitative estimate of drug-likeness (QED) is 0.382. The summed E-state index contributed by atoms with van der Waals surface area (Å²) in [6.45, 7) is 7.24. The van der Waals surface area contributed by atoms with Gasteiger partial charge < -0.3 is 0 Å². The summed E-state index contributed by atoms with van der Waals surface area (Å²) in [6.07, 6.45) is 3.94. The van der Waals surface area contributed by atoms with Crippen LogP contribution in [0.3, 0.4) is 0 Å². The molecule has 8 heavy (non-hydrogen) atoms. The molecule has 0 N–H and O–H groups in total. The van der Waals surface area contributed by atoms with Gasteiger partial charge >= 0.3 is 24.4 Å². The first kappa shape index (κ1) is 11.3. The minimum atomic E-state index is 0. The van der Waals surface area contributed by atoms with Crippen LogP contribution in [0, 0.1) is 0 Å². The van der Waals surface area contributed by atoms with Crippen LogP contribution < -0.4 is 0 Å². The van der Waals surface area contributed by atoms with Gasteiger partial charge in [0, 0.05) is 9.52 Å². The van der Waals surface area contributed by atoms with Crippen LogP contribution in [0.25, 0.3) is 0 Å². The molecule has 0 bridgehead atoms. The second kappa shape index (κ2) is 10.5. The SMILES string of the molecule is C=CC[SiH]CC=C.[SbH2]. The van der Waals surface area contributed by atoms with Gasteiger partial charge in [0.25, 0.3) is 0 Å². The summed E-state index contributed by atoms with van der Waals surface area (Å²) >= 11 is 0. The first-order valence-electron chi connectivity index (χ1n) is 2.45. The minimum absolute atomic E-state index is 0. The van der Waals surface area contributed by atoms with Crippen molar-refractivity contribution in [2.75, 3.05) is 0 Å². The molecule has 0 aromatic rings. The zero-order chi connectivity index (χ0) is 5.54. The monoisotopic (exact) mass is 234 g/mol. The van der Waals surface area contributed by atoms with Crippen molar-refractivity contribution in [2.24, 2.45) is 0 Å². The summed E-state index contributed by atoms with van der Waals surface area (Å²) in [5.74, 6) is 0. The Balaban J connectivity index is 0. The maximum atomic E-state index is 3.62. The Morgan fingerprint density at radius 1 is 1.12 bits per heavy atom. The third kappa shape index (κ3) is 9.72. The first-order chi connectivity index (χ1) is 3.41. The number of allylic oxidation sites excluding steroid dienone is 2. The molecule has 0 aliphatic heterocycles. The molecule has 0 amide bonds. The Hall–Kier alpha value is 0.515. The molecule has 0 heterocycles. The van der Waals surface area contributed by atoms with Crippen molar-refractivity contribution in [3.8, 4) is 0 Å². The van der Waals surface area contributed by atoms with Gasteiger partial charge in [0.1, 0.15) is 0 Å². The molecule has 0 aliphatic rings. The van der Waals surface area contributed by atoms with E-state index in [0.717, 1.165) is 0 Å². The molecule has 0 aromatic carbocycles. The Bertz CT molecular complexity index is 53.5. The number of rotatable bonds is 4. The van der Waals surface area contributed by atoms with Gasteiger partial charge in [-0.1, -0.05) is 12.2 Å². The topological polar surface area (TPSA) is 0 Å². The fraction of sp³-hybridized carbons (Fsp3) is 0.333. The van der Waals surface area contributed by atoms with E-state index in [2.05, 4.69) is 13.2 Å².